The molecule has 0 saturated carbocycles. The highest BCUT2D eigenvalue weighted by Gasteiger charge is 2.25. The number of carbonyl (C=O) groups is 2. The van der Waals surface area contributed by atoms with Crippen LogP contribution in [0.3, 0.4) is 0 Å². The van der Waals surface area contributed by atoms with Gasteiger partial charge in [0.2, 0.25) is 11.8 Å². The van der Waals surface area contributed by atoms with Crippen LogP contribution in [0.2, 0.25) is 0 Å². The minimum Gasteiger partial charge on any atom is -0.461 e. The summed E-state index contributed by atoms with van der Waals surface area (Å²) in [5.74, 6) is 0.419. The number of amides is 2. The molecule has 0 aliphatic rings. The monoisotopic (exact) mass is 475 g/mol. The zero-order valence-corrected chi connectivity index (χ0v) is 19.4. The molecule has 0 radical (unpaired) electrons. The van der Waals surface area contributed by atoms with Crippen molar-refractivity contribution >= 4 is 23.6 Å². The van der Waals surface area contributed by atoms with Crippen molar-refractivity contribution in [1.29, 1.82) is 0 Å². The molecular formula is C25H25N5O3S. The highest BCUT2D eigenvalue weighted by atomic mass is 32.2. The van der Waals surface area contributed by atoms with E-state index >= 15 is 0 Å². The second kappa shape index (κ2) is 10.8. The number of nitrogens with two attached hydrogens (primary N) is 1. The van der Waals surface area contributed by atoms with Crippen LogP contribution in [-0.2, 0) is 16.1 Å². The van der Waals surface area contributed by atoms with Crippen LogP contribution in [0.15, 0.2) is 88.6 Å². The molecule has 0 aliphatic heterocycles. The largest absolute Gasteiger partial charge is 0.461 e. The maximum atomic E-state index is 13.2. The molecule has 0 fully saturated rings. The molecule has 9 heteroatoms. The fourth-order valence-corrected chi connectivity index (χ4v) is 4.39. The summed E-state index contributed by atoms with van der Waals surface area (Å²) < 4.78 is 7.21. The number of furan rings is 1. The van der Waals surface area contributed by atoms with Crippen molar-refractivity contribution in [1.82, 2.24) is 20.1 Å². The minimum atomic E-state index is -0.476. The molecule has 174 valence electrons. The smallest absolute Gasteiger partial charge is 0.234 e. The third-order valence-corrected chi connectivity index (χ3v) is 6.32. The number of aromatic nitrogens is 3. The minimum absolute atomic E-state index is 0.115. The topological polar surface area (TPSA) is 116 Å². The molecule has 2 heterocycles. The normalized spacial score (nSPS) is 11.9. The lowest BCUT2D eigenvalue weighted by Gasteiger charge is -2.22. The zero-order chi connectivity index (χ0) is 23.9. The van der Waals surface area contributed by atoms with E-state index in [1.165, 1.54) is 11.8 Å². The summed E-state index contributed by atoms with van der Waals surface area (Å²) in [6, 6.07) is 22.9. The van der Waals surface area contributed by atoms with Crippen molar-refractivity contribution in [2.75, 3.05) is 0 Å². The number of hydrogen-bond acceptors (Lipinski definition) is 6. The third kappa shape index (κ3) is 5.55. The molecule has 2 aromatic heterocycles. The van der Waals surface area contributed by atoms with E-state index in [4.69, 9.17) is 10.2 Å². The van der Waals surface area contributed by atoms with E-state index in [-0.39, 0.29) is 24.9 Å². The van der Waals surface area contributed by atoms with Gasteiger partial charge >= 0.3 is 0 Å². The Bertz CT molecular complexity index is 1190. The average Bonchev–Trinajstić information content (AvgIpc) is 3.52. The maximum Gasteiger partial charge on any atom is 0.234 e. The van der Waals surface area contributed by atoms with Gasteiger partial charge in [0.15, 0.2) is 16.7 Å². The predicted octanol–water partition coefficient (Wildman–Crippen LogP) is 3.80. The van der Waals surface area contributed by atoms with Crippen molar-refractivity contribution in [2.45, 2.75) is 36.3 Å². The first-order valence-electron chi connectivity index (χ1n) is 10.8. The third-order valence-electron chi connectivity index (χ3n) is 5.24. The van der Waals surface area contributed by atoms with E-state index < -0.39 is 11.2 Å². The van der Waals surface area contributed by atoms with E-state index in [0.717, 1.165) is 11.1 Å². The molecule has 2 amide bonds. The van der Waals surface area contributed by atoms with Gasteiger partial charge in [-0.05, 0) is 30.2 Å². The molecule has 2 aromatic carbocycles. The molecular weight excluding hydrogens is 450 g/mol. The Morgan fingerprint density at radius 1 is 1.00 bits per heavy atom. The van der Waals surface area contributed by atoms with Crippen LogP contribution in [-0.4, -0.2) is 31.8 Å². The van der Waals surface area contributed by atoms with Gasteiger partial charge in [-0.25, -0.2) is 0 Å². The van der Waals surface area contributed by atoms with Crippen LogP contribution < -0.4 is 11.1 Å². The van der Waals surface area contributed by atoms with Crippen molar-refractivity contribution < 1.29 is 14.0 Å². The second-order valence-electron chi connectivity index (χ2n) is 7.67. The Kier molecular flexibility index (Phi) is 7.44. The fraction of sp³-hybridized carbons (Fsp3) is 0.200. The highest BCUT2D eigenvalue weighted by molar-refractivity contribution is 8.00. The van der Waals surface area contributed by atoms with Crippen LogP contribution in [0, 0.1) is 0 Å². The molecule has 34 heavy (non-hydrogen) atoms. The van der Waals surface area contributed by atoms with Crippen molar-refractivity contribution in [3.63, 3.8) is 0 Å². The molecule has 0 aliphatic carbocycles. The summed E-state index contributed by atoms with van der Waals surface area (Å²) in [5, 5.41) is 11.7. The second-order valence-corrected chi connectivity index (χ2v) is 8.98. The summed E-state index contributed by atoms with van der Waals surface area (Å²) in [6.45, 7) is 2.10. The average molecular weight is 476 g/mol. The summed E-state index contributed by atoms with van der Waals surface area (Å²) in [6.07, 6.45) is 1.66. The molecule has 0 saturated heterocycles. The van der Waals surface area contributed by atoms with Crippen molar-refractivity contribution in [3.05, 3.63) is 90.2 Å². The molecule has 3 N–H and O–H groups in total. The van der Waals surface area contributed by atoms with Gasteiger partial charge in [0, 0.05) is 13.0 Å². The number of benzene rings is 2. The van der Waals surface area contributed by atoms with Crippen LogP contribution in [0.4, 0.5) is 0 Å². The molecule has 1 atom stereocenters. The Morgan fingerprint density at radius 2 is 1.65 bits per heavy atom. The first-order chi connectivity index (χ1) is 16.5. The van der Waals surface area contributed by atoms with Gasteiger partial charge in [0.25, 0.3) is 0 Å². The van der Waals surface area contributed by atoms with Gasteiger partial charge in [-0.1, -0.05) is 72.4 Å². The van der Waals surface area contributed by atoms with E-state index in [1.54, 1.807) is 23.0 Å². The molecule has 4 aromatic rings. The summed E-state index contributed by atoms with van der Waals surface area (Å²) in [4.78, 5) is 24.6. The summed E-state index contributed by atoms with van der Waals surface area (Å²) >= 11 is 1.26. The lowest BCUT2D eigenvalue weighted by atomic mass is 9.98. The van der Waals surface area contributed by atoms with Gasteiger partial charge in [-0.2, -0.15) is 0 Å². The number of rotatable bonds is 10. The first kappa shape index (κ1) is 23.3. The number of hydrogen-bond donors (Lipinski definition) is 2. The number of nitrogens with one attached hydrogen (secondary N) is 1. The summed E-state index contributed by atoms with van der Waals surface area (Å²) in [5.41, 5.74) is 7.33. The van der Waals surface area contributed by atoms with Gasteiger partial charge < -0.3 is 15.5 Å². The molecule has 1 unspecified atom stereocenters. The van der Waals surface area contributed by atoms with E-state index in [0.29, 0.717) is 16.7 Å². The van der Waals surface area contributed by atoms with Crippen molar-refractivity contribution in [2.24, 2.45) is 5.73 Å². The Morgan fingerprint density at radius 3 is 2.21 bits per heavy atom. The first-order valence-corrected chi connectivity index (χ1v) is 11.7. The number of nitrogens with zero attached hydrogens (tertiary/aromatic N) is 3. The van der Waals surface area contributed by atoms with Crippen molar-refractivity contribution in [3.8, 4) is 11.6 Å². The fourth-order valence-electron chi connectivity index (χ4n) is 3.51. The maximum absolute atomic E-state index is 13.2. The molecule has 0 spiro atoms. The van der Waals surface area contributed by atoms with Gasteiger partial charge in [0.1, 0.15) is 0 Å². The van der Waals surface area contributed by atoms with Crippen LogP contribution in [0.1, 0.15) is 30.5 Å². The zero-order valence-electron chi connectivity index (χ0n) is 18.6. The Labute approximate surface area is 201 Å². The predicted molar refractivity (Wildman–Crippen MR) is 130 cm³/mol. The van der Waals surface area contributed by atoms with Gasteiger partial charge in [0.05, 0.1) is 17.6 Å². The molecule has 4 rings (SSSR count). The van der Waals surface area contributed by atoms with Crippen LogP contribution in [0.25, 0.3) is 11.6 Å². The number of carbonyl (C=O) groups excluding carboxylic acids is 2. The van der Waals surface area contributed by atoms with Crippen LogP contribution in [0.5, 0.6) is 0 Å². The number of thioether (sulfide) groups is 1. The van der Waals surface area contributed by atoms with E-state index in [1.807, 2.05) is 67.6 Å². The number of primary amides is 1. The summed E-state index contributed by atoms with van der Waals surface area (Å²) in [7, 11) is 0. The molecule has 8 nitrogen and oxygen atoms in total. The van der Waals surface area contributed by atoms with Gasteiger partial charge in [-0.3, -0.25) is 14.2 Å². The lowest BCUT2D eigenvalue weighted by molar-refractivity contribution is -0.121. The SMILES string of the molecule is CC(Sc1nnc(-c2ccco2)n1CCC(N)=O)C(=O)NC(c1ccccc1)c1ccccc1. The van der Waals surface area contributed by atoms with E-state index in [9.17, 15) is 9.59 Å². The Balaban J connectivity index is 1.54. The molecule has 0 bridgehead atoms. The lowest BCUT2D eigenvalue weighted by Crippen LogP contribution is -2.35. The van der Waals surface area contributed by atoms with Crippen LogP contribution >= 0.6 is 11.8 Å². The standard InChI is InChI=1S/C25H25N5O3S/c1-17(24(32)27-22(18-9-4-2-5-10-18)19-11-6-3-7-12-19)34-25-29-28-23(20-13-8-16-33-20)30(25)15-14-21(26)31/h2-13,16-17,22H,14-15H2,1H3,(H2,26,31)(H,27,32). The van der Waals surface area contributed by atoms with E-state index in [2.05, 4.69) is 15.5 Å². The highest BCUT2D eigenvalue weighted by Crippen LogP contribution is 2.29. The van der Waals surface area contributed by atoms with Gasteiger partial charge in [-0.15, -0.1) is 10.2 Å². The Hall–Kier alpha value is -3.85. The quantitative estimate of drug-likeness (QED) is 0.337.